The first kappa shape index (κ1) is 12.4. The summed E-state index contributed by atoms with van der Waals surface area (Å²) >= 11 is 0. The van der Waals surface area contributed by atoms with E-state index in [4.69, 9.17) is 10.8 Å². The van der Waals surface area contributed by atoms with Crippen LogP contribution in [0.15, 0.2) is 12.4 Å². The van der Waals surface area contributed by atoms with Crippen molar-refractivity contribution >= 4 is 11.9 Å². The zero-order chi connectivity index (χ0) is 12.0. The van der Waals surface area contributed by atoms with Gasteiger partial charge in [0.1, 0.15) is 6.04 Å². The van der Waals surface area contributed by atoms with Crippen LogP contribution in [0.3, 0.4) is 0 Å². The molecule has 0 fully saturated rings. The molecule has 0 spiro atoms. The number of hydrogen-bond acceptors (Lipinski definition) is 5. The van der Waals surface area contributed by atoms with Crippen LogP contribution in [0.25, 0.3) is 0 Å². The molecule has 1 unspecified atom stereocenters. The number of aromatic nitrogens is 2. The summed E-state index contributed by atoms with van der Waals surface area (Å²) < 4.78 is 0. The van der Waals surface area contributed by atoms with Crippen LogP contribution in [-0.4, -0.2) is 33.6 Å². The van der Waals surface area contributed by atoms with Gasteiger partial charge >= 0.3 is 5.97 Å². The first-order valence-electron chi connectivity index (χ1n) is 5.10. The van der Waals surface area contributed by atoms with Gasteiger partial charge in [-0.1, -0.05) is 0 Å². The molecule has 0 aliphatic heterocycles. The van der Waals surface area contributed by atoms with Gasteiger partial charge in [0.05, 0.1) is 0 Å². The molecule has 0 aliphatic rings. The Morgan fingerprint density at radius 1 is 1.56 bits per heavy atom. The van der Waals surface area contributed by atoms with Crippen molar-refractivity contribution in [1.29, 1.82) is 0 Å². The average Bonchev–Trinajstić information content (AvgIpc) is 2.26. The van der Waals surface area contributed by atoms with Crippen molar-refractivity contribution in [2.24, 2.45) is 5.73 Å². The molecule has 1 rings (SSSR count). The molecule has 0 saturated carbocycles. The maximum Gasteiger partial charge on any atom is 0.320 e. The predicted molar refractivity (Wildman–Crippen MR) is 60.1 cm³/mol. The summed E-state index contributed by atoms with van der Waals surface area (Å²) in [5, 5.41) is 11.6. The van der Waals surface area contributed by atoms with E-state index in [0.717, 1.165) is 5.56 Å². The monoisotopic (exact) mass is 224 g/mol. The Labute approximate surface area is 93.9 Å². The number of carbonyl (C=O) groups is 1. The Balaban J connectivity index is 2.21. The third-order valence-electron chi connectivity index (χ3n) is 2.07. The second-order valence-corrected chi connectivity index (χ2v) is 3.60. The number of carboxylic acids is 1. The van der Waals surface area contributed by atoms with Gasteiger partial charge in [-0.25, -0.2) is 9.97 Å². The number of hydrogen-bond donors (Lipinski definition) is 3. The maximum atomic E-state index is 10.4. The van der Waals surface area contributed by atoms with Crippen molar-refractivity contribution in [3.8, 4) is 0 Å². The smallest absolute Gasteiger partial charge is 0.320 e. The molecular formula is C10H16N4O2. The van der Waals surface area contributed by atoms with Crippen LogP contribution in [0.2, 0.25) is 0 Å². The molecule has 1 aromatic heterocycles. The van der Waals surface area contributed by atoms with Gasteiger partial charge in [-0.3, -0.25) is 4.79 Å². The van der Waals surface area contributed by atoms with Crippen molar-refractivity contribution in [2.75, 3.05) is 11.9 Å². The normalized spacial score (nSPS) is 12.1. The van der Waals surface area contributed by atoms with Gasteiger partial charge < -0.3 is 16.2 Å². The molecule has 0 saturated heterocycles. The molecule has 6 nitrogen and oxygen atoms in total. The van der Waals surface area contributed by atoms with Gasteiger partial charge in [0, 0.05) is 18.9 Å². The highest BCUT2D eigenvalue weighted by molar-refractivity contribution is 5.72. The van der Waals surface area contributed by atoms with Gasteiger partial charge in [0.25, 0.3) is 0 Å². The van der Waals surface area contributed by atoms with Gasteiger partial charge in [-0.05, 0) is 25.3 Å². The summed E-state index contributed by atoms with van der Waals surface area (Å²) in [6.07, 6.45) is 4.55. The third-order valence-corrected chi connectivity index (χ3v) is 2.07. The number of rotatable bonds is 6. The number of nitrogens with zero attached hydrogens (tertiary/aromatic N) is 2. The zero-order valence-electron chi connectivity index (χ0n) is 9.18. The van der Waals surface area contributed by atoms with Crippen LogP contribution in [0.4, 0.5) is 5.95 Å². The molecule has 0 amide bonds. The molecule has 1 aromatic rings. The van der Waals surface area contributed by atoms with E-state index in [-0.39, 0.29) is 0 Å². The van der Waals surface area contributed by atoms with E-state index in [1.54, 1.807) is 12.4 Å². The highest BCUT2D eigenvalue weighted by Gasteiger charge is 2.09. The van der Waals surface area contributed by atoms with Gasteiger partial charge in [-0.2, -0.15) is 0 Å². The topological polar surface area (TPSA) is 101 Å². The van der Waals surface area contributed by atoms with E-state index >= 15 is 0 Å². The minimum absolute atomic E-state index is 0.439. The highest BCUT2D eigenvalue weighted by Crippen LogP contribution is 2.00. The summed E-state index contributed by atoms with van der Waals surface area (Å²) in [7, 11) is 0. The van der Waals surface area contributed by atoms with Crippen molar-refractivity contribution < 1.29 is 9.90 Å². The number of nitrogens with two attached hydrogens (primary N) is 1. The van der Waals surface area contributed by atoms with Crippen LogP contribution >= 0.6 is 0 Å². The lowest BCUT2D eigenvalue weighted by Crippen LogP contribution is -2.30. The predicted octanol–water partition coefficient (Wildman–Crippen LogP) is 0.389. The number of aryl methyl sites for hydroxylation is 1. The lowest BCUT2D eigenvalue weighted by molar-refractivity contribution is -0.138. The first-order valence-corrected chi connectivity index (χ1v) is 5.10. The molecule has 0 aliphatic carbocycles. The van der Waals surface area contributed by atoms with Crippen molar-refractivity contribution in [2.45, 2.75) is 25.8 Å². The van der Waals surface area contributed by atoms with Gasteiger partial charge in [0.2, 0.25) is 5.95 Å². The molecule has 16 heavy (non-hydrogen) atoms. The van der Waals surface area contributed by atoms with E-state index in [1.165, 1.54) is 0 Å². The second kappa shape index (κ2) is 6.02. The Kier molecular flexibility index (Phi) is 4.65. The largest absolute Gasteiger partial charge is 0.480 e. The standard InChI is InChI=1S/C10H16N4O2/c1-7-5-13-10(14-6-7)12-4-2-3-8(11)9(15)16/h5-6,8H,2-4,11H2,1H3,(H,15,16)(H,12,13,14). The Bertz CT molecular complexity index is 339. The van der Waals surface area contributed by atoms with Gasteiger partial charge in [-0.15, -0.1) is 0 Å². The minimum atomic E-state index is -0.966. The Hall–Kier alpha value is -1.69. The molecule has 6 heteroatoms. The van der Waals surface area contributed by atoms with E-state index < -0.39 is 12.0 Å². The van der Waals surface area contributed by atoms with Gasteiger partial charge in [0.15, 0.2) is 0 Å². The molecule has 0 radical (unpaired) electrons. The summed E-state index contributed by atoms with van der Waals surface area (Å²) in [5.74, 6) is -0.416. The van der Waals surface area contributed by atoms with Crippen molar-refractivity contribution in [1.82, 2.24) is 9.97 Å². The molecule has 1 atom stereocenters. The number of anilines is 1. The Morgan fingerprint density at radius 3 is 2.75 bits per heavy atom. The van der Waals surface area contributed by atoms with Crippen LogP contribution in [0.1, 0.15) is 18.4 Å². The summed E-state index contributed by atoms with van der Waals surface area (Å²) in [6, 6.07) is -0.791. The second-order valence-electron chi connectivity index (χ2n) is 3.60. The van der Waals surface area contributed by atoms with E-state index in [0.29, 0.717) is 25.3 Å². The van der Waals surface area contributed by atoms with Crippen molar-refractivity contribution in [3.05, 3.63) is 18.0 Å². The Morgan fingerprint density at radius 2 is 2.19 bits per heavy atom. The highest BCUT2D eigenvalue weighted by atomic mass is 16.4. The molecule has 0 bridgehead atoms. The fourth-order valence-corrected chi connectivity index (χ4v) is 1.13. The molecule has 88 valence electrons. The van der Waals surface area contributed by atoms with Crippen LogP contribution < -0.4 is 11.1 Å². The lowest BCUT2D eigenvalue weighted by atomic mass is 10.2. The fourth-order valence-electron chi connectivity index (χ4n) is 1.13. The van der Waals surface area contributed by atoms with Crippen LogP contribution in [0.5, 0.6) is 0 Å². The molecular weight excluding hydrogens is 208 g/mol. The SMILES string of the molecule is Cc1cnc(NCCCC(N)C(=O)O)nc1. The zero-order valence-corrected chi connectivity index (χ0v) is 9.18. The van der Waals surface area contributed by atoms with E-state index in [1.807, 2.05) is 6.92 Å². The first-order chi connectivity index (χ1) is 7.59. The van der Waals surface area contributed by atoms with Crippen LogP contribution in [-0.2, 0) is 4.79 Å². The van der Waals surface area contributed by atoms with Crippen molar-refractivity contribution in [3.63, 3.8) is 0 Å². The quantitative estimate of drug-likeness (QED) is 0.604. The number of nitrogens with one attached hydrogen (secondary N) is 1. The lowest BCUT2D eigenvalue weighted by Gasteiger charge is -2.07. The van der Waals surface area contributed by atoms with Crippen LogP contribution in [0, 0.1) is 6.92 Å². The molecule has 1 heterocycles. The third kappa shape index (κ3) is 4.22. The summed E-state index contributed by atoms with van der Waals surface area (Å²) in [4.78, 5) is 18.6. The number of carboxylic acid groups (broad SMARTS) is 1. The fraction of sp³-hybridized carbons (Fsp3) is 0.500. The summed E-state index contributed by atoms with van der Waals surface area (Å²) in [6.45, 7) is 2.53. The maximum absolute atomic E-state index is 10.4. The van der Waals surface area contributed by atoms with E-state index in [9.17, 15) is 4.79 Å². The number of aliphatic carboxylic acids is 1. The minimum Gasteiger partial charge on any atom is -0.480 e. The van der Waals surface area contributed by atoms with E-state index in [2.05, 4.69) is 15.3 Å². The molecule has 0 aromatic carbocycles. The average molecular weight is 224 g/mol. The summed E-state index contributed by atoms with van der Waals surface area (Å²) in [5.41, 5.74) is 6.36. The molecule has 4 N–H and O–H groups in total.